The fraction of sp³-hybridized carbons (Fsp3) is 0.286. The van der Waals surface area contributed by atoms with Crippen LogP contribution in [0.5, 0.6) is 0 Å². The van der Waals surface area contributed by atoms with Crippen LogP contribution in [-0.4, -0.2) is 26.4 Å². The van der Waals surface area contributed by atoms with Gasteiger partial charge in [-0.3, -0.25) is 4.79 Å². The standard InChI is InChI=1S/C21H23ClN4OS/c1-4-14(2)15-8-10-18(11-9-15)23-19(27)13-28-21-25-24-20(26(21)3)16-6-5-7-17(22)12-16/h5-12,14H,4,13H2,1-3H3,(H,23,27). The van der Waals surface area contributed by atoms with Crippen molar-refractivity contribution in [1.82, 2.24) is 14.8 Å². The van der Waals surface area contributed by atoms with Gasteiger partial charge >= 0.3 is 0 Å². The fourth-order valence-corrected chi connectivity index (χ4v) is 3.68. The third-order valence-electron chi connectivity index (χ3n) is 4.63. The monoisotopic (exact) mass is 414 g/mol. The van der Waals surface area contributed by atoms with E-state index in [0.29, 0.717) is 21.9 Å². The molecule has 1 unspecified atom stereocenters. The average molecular weight is 415 g/mol. The van der Waals surface area contributed by atoms with Gasteiger partial charge in [0, 0.05) is 23.3 Å². The first-order chi connectivity index (χ1) is 13.5. The number of carbonyl (C=O) groups excluding carboxylic acids is 1. The number of nitrogens with one attached hydrogen (secondary N) is 1. The molecule has 3 rings (SSSR count). The number of rotatable bonds is 7. The Bertz CT molecular complexity index is 955. The van der Waals surface area contributed by atoms with Crippen molar-refractivity contribution in [3.05, 3.63) is 59.1 Å². The molecular formula is C21H23ClN4OS. The molecule has 1 amide bonds. The number of carbonyl (C=O) groups is 1. The van der Waals surface area contributed by atoms with E-state index in [9.17, 15) is 4.79 Å². The Hall–Kier alpha value is -2.31. The minimum absolute atomic E-state index is 0.0754. The molecule has 1 N–H and O–H groups in total. The minimum Gasteiger partial charge on any atom is -0.325 e. The summed E-state index contributed by atoms with van der Waals surface area (Å²) >= 11 is 7.40. The minimum atomic E-state index is -0.0754. The molecule has 0 aliphatic carbocycles. The van der Waals surface area contributed by atoms with Gasteiger partial charge in [-0.25, -0.2) is 0 Å². The summed E-state index contributed by atoms with van der Waals surface area (Å²) in [6, 6.07) is 15.5. The second-order valence-corrected chi connectivity index (χ2v) is 8.02. The number of nitrogens with zero attached hydrogens (tertiary/aromatic N) is 3. The van der Waals surface area contributed by atoms with E-state index in [-0.39, 0.29) is 11.7 Å². The molecule has 2 aromatic carbocycles. The van der Waals surface area contributed by atoms with Gasteiger partial charge in [0.15, 0.2) is 11.0 Å². The molecule has 28 heavy (non-hydrogen) atoms. The van der Waals surface area contributed by atoms with Crippen LogP contribution in [-0.2, 0) is 11.8 Å². The largest absolute Gasteiger partial charge is 0.325 e. The van der Waals surface area contributed by atoms with Gasteiger partial charge in [0.2, 0.25) is 5.91 Å². The lowest BCUT2D eigenvalue weighted by Crippen LogP contribution is -2.14. The van der Waals surface area contributed by atoms with E-state index in [1.54, 1.807) is 0 Å². The summed E-state index contributed by atoms with van der Waals surface area (Å²) < 4.78 is 1.87. The van der Waals surface area contributed by atoms with E-state index in [1.165, 1.54) is 17.3 Å². The zero-order chi connectivity index (χ0) is 20.1. The maximum atomic E-state index is 12.3. The van der Waals surface area contributed by atoms with Crippen LogP contribution < -0.4 is 5.32 Å². The summed E-state index contributed by atoms with van der Waals surface area (Å²) in [7, 11) is 1.88. The highest BCUT2D eigenvalue weighted by Crippen LogP contribution is 2.25. The predicted molar refractivity (Wildman–Crippen MR) is 116 cm³/mol. The maximum absolute atomic E-state index is 12.3. The Morgan fingerprint density at radius 3 is 2.64 bits per heavy atom. The summed E-state index contributed by atoms with van der Waals surface area (Å²) in [5, 5.41) is 12.7. The molecule has 1 heterocycles. The molecule has 1 atom stereocenters. The van der Waals surface area contributed by atoms with Crippen molar-refractivity contribution in [2.24, 2.45) is 7.05 Å². The maximum Gasteiger partial charge on any atom is 0.234 e. The lowest BCUT2D eigenvalue weighted by molar-refractivity contribution is -0.113. The molecule has 0 saturated carbocycles. The van der Waals surface area contributed by atoms with Crippen LogP contribution >= 0.6 is 23.4 Å². The Morgan fingerprint density at radius 1 is 1.21 bits per heavy atom. The molecule has 3 aromatic rings. The van der Waals surface area contributed by atoms with Crippen molar-refractivity contribution < 1.29 is 4.79 Å². The fourth-order valence-electron chi connectivity index (χ4n) is 2.78. The molecule has 5 nitrogen and oxygen atoms in total. The van der Waals surface area contributed by atoms with E-state index < -0.39 is 0 Å². The van der Waals surface area contributed by atoms with E-state index in [2.05, 4.69) is 41.5 Å². The van der Waals surface area contributed by atoms with Gasteiger partial charge < -0.3 is 9.88 Å². The number of hydrogen-bond donors (Lipinski definition) is 1. The predicted octanol–water partition coefficient (Wildman–Crippen LogP) is 5.38. The van der Waals surface area contributed by atoms with Crippen molar-refractivity contribution in [2.75, 3.05) is 11.1 Å². The number of aromatic nitrogens is 3. The number of benzene rings is 2. The van der Waals surface area contributed by atoms with Crippen LogP contribution in [0.1, 0.15) is 31.7 Å². The molecule has 0 fully saturated rings. The van der Waals surface area contributed by atoms with Crippen LogP contribution in [0.2, 0.25) is 5.02 Å². The quantitative estimate of drug-likeness (QED) is 0.527. The van der Waals surface area contributed by atoms with Crippen LogP contribution in [0, 0.1) is 0 Å². The lowest BCUT2D eigenvalue weighted by Gasteiger charge is -2.10. The Morgan fingerprint density at radius 2 is 1.96 bits per heavy atom. The molecule has 146 valence electrons. The molecule has 7 heteroatoms. The number of anilines is 1. The summed E-state index contributed by atoms with van der Waals surface area (Å²) in [5.41, 5.74) is 2.97. The summed E-state index contributed by atoms with van der Waals surface area (Å²) in [4.78, 5) is 12.3. The number of halogens is 1. The third kappa shape index (κ3) is 4.94. The van der Waals surface area contributed by atoms with Gasteiger partial charge in [0.25, 0.3) is 0 Å². The van der Waals surface area contributed by atoms with E-state index in [0.717, 1.165) is 17.7 Å². The topological polar surface area (TPSA) is 59.8 Å². The number of thioether (sulfide) groups is 1. The zero-order valence-electron chi connectivity index (χ0n) is 16.1. The average Bonchev–Trinajstić information content (AvgIpc) is 3.07. The van der Waals surface area contributed by atoms with Crippen molar-refractivity contribution in [1.29, 1.82) is 0 Å². The van der Waals surface area contributed by atoms with Crippen LogP contribution in [0.3, 0.4) is 0 Å². The van der Waals surface area contributed by atoms with Crippen LogP contribution in [0.25, 0.3) is 11.4 Å². The van der Waals surface area contributed by atoms with Gasteiger partial charge in [-0.15, -0.1) is 10.2 Å². The molecule has 1 aromatic heterocycles. The first-order valence-electron chi connectivity index (χ1n) is 9.16. The molecule has 0 radical (unpaired) electrons. The second kappa shape index (κ2) is 9.26. The number of amides is 1. The molecule has 0 spiro atoms. The van der Waals surface area contributed by atoms with Gasteiger partial charge in [-0.1, -0.05) is 61.5 Å². The lowest BCUT2D eigenvalue weighted by atomic mass is 9.99. The molecule has 0 aliphatic rings. The number of hydrogen-bond acceptors (Lipinski definition) is 4. The highest BCUT2D eigenvalue weighted by atomic mass is 35.5. The normalized spacial score (nSPS) is 12.0. The highest BCUT2D eigenvalue weighted by molar-refractivity contribution is 7.99. The Labute approximate surface area is 174 Å². The summed E-state index contributed by atoms with van der Waals surface area (Å²) in [6.07, 6.45) is 1.09. The van der Waals surface area contributed by atoms with Crippen molar-refractivity contribution in [2.45, 2.75) is 31.3 Å². The van der Waals surface area contributed by atoms with E-state index in [4.69, 9.17) is 11.6 Å². The molecular weight excluding hydrogens is 392 g/mol. The first kappa shape index (κ1) is 20.4. The summed E-state index contributed by atoms with van der Waals surface area (Å²) in [6.45, 7) is 4.37. The zero-order valence-corrected chi connectivity index (χ0v) is 17.7. The van der Waals surface area contributed by atoms with Crippen molar-refractivity contribution in [3.63, 3.8) is 0 Å². The molecule has 0 saturated heterocycles. The Kier molecular flexibility index (Phi) is 6.75. The van der Waals surface area contributed by atoms with Gasteiger partial charge in [0.05, 0.1) is 5.75 Å². The highest BCUT2D eigenvalue weighted by Gasteiger charge is 2.13. The van der Waals surface area contributed by atoms with Gasteiger partial charge in [0.1, 0.15) is 0 Å². The van der Waals surface area contributed by atoms with Gasteiger partial charge in [-0.05, 0) is 42.2 Å². The summed E-state index contributed by atoms with van der Waals surface area (Å²) in [5.74, 6) is 1.42. The Balaban J connectivity index is 1.59. The van der Waals surface area contributed by atoms with Gasteiger partial charge in [-0.2, -0.15) is 0 Å². The molecule has 0 aliphatic heterocycles. The second-order valence-electron chi connectivity index (χ2n) is 6.64. The van der Waals surface area contributed by atoms with Crippen LogP contribution in [0.4, 0.5) is 5.69 Å². The third-order valence-corrected chi connectivity index (χ3v) is 5.88. The molecule has 0 bridgehead atoms. The van der Waals surface area contributed by atoms with Crippen molar-refractivity contribution in [3.8, 4) is 11.4 Å². The van der Waals surface area contributed by atoms with Crippen LogP contribution in [0.15, 0.2) is 53.7 Å². The van der Waals surface area contributed by atoms with Crippen molar-refractivity contribution >= 4 is 35.0 Å². The first-order valence-corrected chi connectivity index (χ1v) is 10.5. The smallest absolute Gasteiger partial charge is 0.234 e. The van der Waals surface area contributed by atoms with E-state index in [1.807, 2.05) is 48.0 Å². The SMILES string of the molecule is CCC(C)c1ccc(NC(=O)CSc2nnc(-c3cccc(Cl)c3)n2C)cc1. The van der Waals surface area contributed by atoms with E-state index >= 15 is 0 Å².